The number of aromatic nitrogens is 3. The van der Waals surface area contributed by atoms with Gasteiger partial charge in [0, 0.05) is 73.7 Å². The second-order valence-corrected chi connectivity index (χ2v) is 14.0. The first kappa shape index (κ1) is 30.2. The highest BCUT2D eigenvalue weighted by Crippen LogP contribution is 2.39. The van der Waals surface area contributed by atoms with Gasteiger partial charge in [0.2, 0.25) is 0 Å². The number of pyridine rings is 3. The molecule has 0 aliphatic carbocycles. The monoisotopic (exact) mass is 682 g/mol. The summed E-state index contributed by atoms with van der Waals surface area (Å²) in [7, 11) is 0. The van der Waals surface area contributed by atoms with E-state index in [0.29, 0.717) is 0 Å². The molecule has 52 heavy (non-hydrogen) atoms. The summed E-state index contributed by atoms with van der Waals surface area (Å²) in [5.41, 5.74) is 9.94. The predicted octanol–water partition coefficient (Wildman–Crippen LogP) is 13.0. The van der Waals surface area contributed by atoms with Crippen molar-refractivity contribution in [3.63, 3.8) is 0 Å². The first-order valence-corrected chi connectivity index (χ1v) is 18.1. The summed E-state index contributed by atoms with van der Waals surface area (Å²) in [6.07, 6.45) is 7.52. The number of rotatable bonds is 6. The normalized spacial score (nSPS) is 11.5. The summed E-state index contributed by atoms with van der Waals surface area (Å²) in [5.74, 6) is 0. The van der Waals surface area contributed by atoms with Gasteiger partial charge in [0.15, 0.2) is 0 Å². The van der Waals surface area contributed by atoms with E-state index >= 15 is 0 Å². The zero-order chi connectivity index (χ0) is 34.4. The van der Waals surface area contributed by atoms with Crippen LogP contribution in [0.1, 0.15) is 0 Å². The molecule has 0 fully saturated rings. The van der Waals surface area contributed by atoms with Crippen molar-refractivity contribution < 1.29 is 0 Å². The van der Waals surface area contributed by atoms with Crippen LogP contribution in [0.3, 0.4) is 0 Å². The van der Waals surface area contributed by atoms with Gasteiger partial charge in [-0.05, 0) is 112 Å². The van der Waals surface area contributed by atoms with Crippen LogP contribution >= 0.6 is 11.3 Å². The van der Waals surface area contributed by atoms with Gasteiger partial charge in [-0.3, -0.25) is 9.97 Å². The Balaban J connectivity index is 1.02. The lowest BCUT2D eigenvalue weighted by Crippen LogP contribution is -2.09. The lowest BCUT2D eigenvalue weighted by atomic mass is 10.0. The summed E-state index contributed by atoms with van der Waals surface area (Å²) in [4.78, 5) is 17.1. The summed E-state index contributed by atoms with van der Waals surface area (Å²) < 4.78 is 1.26. The molecule has 5 heteroatoms. The number of hydrogen-bond donors (Lipinski definition) is 0. The van der Waals surface area contributed by atoms with E-state index in [-0.39, 0.29) is 0 Å². The molecule has 0 aliphatic heterocycles. The highest BCUT2D eigenvalue weighted by molar-refractivity contribution is 7.25. The SMILES string of the molecule is c1ccc2c(c1)sc1nc(-c3ccc(N(c4ccc(-c5ccc6ccncc6c5)cc4)c4ccc(-c5ccc6ccncc6c5)cc4)cc3)ccc12. The Morgan fingerprint density at radius 2 is 0.923 bits per heavy atom. The van der Waals surface area contributed by atoms with Crippen LogP contribution in [0.15, 0.2) is 183 Å². The predicted molar refractivity (Wildman–Crippen MR) is 219 cm³/mol. The van der Waals surface area contributed by atoms with E-state index < -0.39 is 0 Å². The molecule has 244 valence electrons. The Kier molecular flexibility index (Phi) is 7.29. The molecule has 0 amide bonds. The van der Waals surface area contributed by atoms with Crippen molar-refractivity contribution in [3.05, 3.63) is 183 Å². The largest absolute Gasteiger partial charge is 0.311 e. The number of nitrogens with zero attached hydrogens (tertiary/aromatic N) is 4. The molecule has 0 radical (unpaired) electrons. The average molecular weight is 683 g/mol. The second-order valence-electron chi connectivity index (χ2n) is 13.0. The summed E-state index contributed by atoms with van der Waals surface area (Å²) in [5, 5.41) is 7.11. The van der Waals surface area contributed by atoms with E-state index in [4.69, 9.17) is 4.98 Å². The molecule has 0 bridgehead atoms. The quantitative estimate of drug-likeness (QED) is 0.175. The smallest absolute Gasteiger partial charge is 0.125 e. The molecule has 10 rings (SSSR count). The molecule has 0 saturated heterocycles. The fraction of sp³-hybridized carbons (Fsp3) is 0. The highest BCUT2D eigenvalue weighted by atomic mass is 32.1. The van der Waals surface area contributed by atoms with E-state index in [0.717, 1.165) is 55.0 Å². The minimum absolute atomic E-state index is 0.974. The number of thiophene rings is 1. The molecule has 0 N–H and O–H groups in total. The van der Waals surface area contributed by atoms with Crippen molar-refractivity contribution in [2.45, 2.75) is 0 Å². The zero-order valence-electron chi connectivity index (χ0n) is 28.0. The molecule has 6 aromatic carbocycles. The third kappa shape index (κ3) is 5.45. The second kappa shape index (κ2) is 12.6. The summed E-state index contributed by atoms with van der Waals surface area (Å²) in [6.45, 7) is 0. The number of anilines is 3. The van der Waals surface area contributed by atoms with Gasteiger partial charge < -0.3 is 4.90 Å². The Bertz CT molecular complexity index is 2770. The third-order valence-corrected chi connectivity index (χ3v) is 10.9. The minimum atomic E-state index is 0.974. The maximum Gasteiger partial charge on any atom is 0.125 e. The van der Waals surface area contributed by atoms with E-state index in [9.17, 15) is 0 Å². The number of fused-ring (bicyclic) bond motifs is 5. The van der Waals surface area contributed by atoms with Crippen LogP contribution in [-0.2, 0) is 0 Å². The molecular weight excluding hydrogens is 653 g/mol. The van der Waals surface area contributed by atoms with Crippen molar-refractivity contribution >= 4 is 70.2 Å². The Morgan fingerprint density at radius 1 is 0.404 bits per heavy atom. The van der Waals surface area contributed by atoms with Crippen LogP contribution in [-0.4, -0.2) is 15.0 Å². The van der Waals surface area contributed by atoms with Gasteiger partial charge in [-0.2, -0.15) is 0 Å². The molecule has 4 heterocycles. The minimum Gasteiger partial charge on any atom is -0.311 e. The van der Waals surface area contributed by atoms with Crippen molar-refractivity contribution in [3.8, 4) is 33.5 Å². The van der Waals surface area contributed by atoms with E-state index in [2.05, 4.69) is 160 Å². The van der Waals surface area contributed by atoms with Crippen molar-refractivity contribution in [2.24, 2.45) is 0 Å². The van der Waals surface area contributed by atoms with Gasteiger partial charge in [0.1, 0.15) is 4.83 Å². The van der Waals surface area contributed by atoms with Gasteiger partial charge in [0.25, 0.3) is 0 Å². The highest BCUT2D eigenvalue weighted by Gasteiger charge is 2.15. The fourth-order valence-corrected chi connectivity index (χ4v) is 8.20. The molecule has 4 nitrogen and oxygen atoms in total. The van der Waals surface area contributed by atoms with Crippen LogP contribution in [0, 0.1) is 0 Å². The fourth-order valence-electron chi connectivity index (χ4n) is 7.13. The summed E-state index contributed by atoms with van der Waals surface area (Å²) >= 11 is 1.75. The van der Waals surface area contributed by atoms with E-state index in [1.165, 1.54) is 37.4 Å². The molecule has 0 aliphatic rings. The molecular formula is C47H30N4S. The first-order valence-electron chi connectivity index (χ1n) is 17.3. The molecule has 10 aromatic rings. The van der Waals surface area contributed by atoms with Gasteiger partial charge >= 0.3 is 0 Å². The maximum atomic E-state index is 5.09. The first-order chi connectivity index (χ1) is 25.7. The maximum absolute atomic E-state index is 5.09. The van der Waals surface area contributed by atoms with Crippen LogP contribution in [0.2, 0.25) is 0 Å². The molecule has 0 spiro atoms. The Morgan fingerprint density at radius 3 is 1.50 bits per heavy atom. The van der Waals surface area contributed by atoms with Crippen LogP contribution in [0.5, 0.6) is 0 Å². The third-order valence-electron chi connectivity index (χ3n) is 9.86. The number of benzene rings is 6. The Hall–Kier alpha value is -6.69. The van der Waals surface area contributed by atoms with Crippen LogP contribution in [0.25, 0.3) is 75.4 Å². The van der Waals surface area contributed by atoms with Gasteiger partial charge in [-0.15, -0.1) is 11.3 Å². The molecule has 0 atom stereocenters. The topological polar surface area (TPSA) is 41.9 Å². The molecule has 0 unspecified atom stereocenters. The average Bonchev–Trinajstić information content (AvgIpc) is 3.59. The molecule has 4 aromatic heterocycles. The lowest BCUT2D eigenvalue weighted by Gasteiger charge is -2.26. The standard InChI is InChI=1S/C47H30N4S/c1-2-4-46-43(3-1)44-21-22-45(50-47(44)52-46)35-13-19-42(20-14-35)51(40-15-9-31(10-16-40)36-7-5-33-23-25-48-29-38(33)27-36)41-17-11-32(12-18-41)37-8-6-34-24-26-49-30-39(34)28-37/h1-30H. The number of hydrogen-bond acceptors (Lipinski definition) is 5. The zero-order valence-corrected chi connectivity index (χ0v) is 28.8. The van der Waals surface area contributed by atoms with Crippen molar-refractivity contribution in [1.82, 2.24) is 15.0 Å². The molecule has 0 saturated carbocycles. The van der Waals surface area contributed by atoms with Crippen LogP contribution < -0.4 is 4.90 Å². The van der Waals surface area contributed by atoms with Crippen molar-refractivity contribution in [2.75, 3.05) is 4.90 Å². The van der Waals surface area contributed by atoms with Crippen molar-refractivity contribution in [1.29, 1.82) is 0 Å². The lowest BCUT2D eigenvalue weighted by molar-refractivity contribution is 1.28. The summed E-state index contributed by atoms with van der Waals surface area (Å²) in [6, 6.07) is 56.5. The van der Waals surface area contributed by atoms with Gasteiger partial charge in [-0.1, -0.05) is 78.9 Å². The van der Waals surface area contributed by atoms with Crippen LogP contribution in [0.4, 0.5) is 17.1 Å². The van der Waals surface area contributed by atoms with E-state index in [1.54, 1.807) is 11.3 Å². The van der Waals surface area contributed by atoms with E-state index in [1.807, 2.05) is 36.9 Å². The van der Waals surface area contributed by atoms with Gasteiger partial charge in [0.05, 0.1) is 5.69 Å². The Labute approximate surface area is 305 Å². The van der Waals surface area contributed by atoms with Gasteiger partial charge in [-0.25, -0.2) is 4.98 Å².